The molecule has 8 N–H and O–H groups in total. The number of aliphatic hydroxyl groups excluding tert-OH is 7. The van der Waals surface area contributed by atoms with E-state index in [2.05, 4.69) is 6.92 Å². The summed E-state index contributed by atoms with van der Waals surface area (Å²) in [5, 5.41) is 88.0. The van der Waals surface area contributed by atoms with E-state index in [1.807, 2.05) is 20.8 Å². The van der Waals surface area contributed by atoms with E-state index in [1.165, 1.54) is 0 Å². The summed E-state index contributed by atoms with van der Waals surface area (Å²) in [6, 6.07) is 0. The van der Waals surface area contributed by atoms with Crippen LogP contribution in [0.3, 0.4) is 0 Å². The molecule has 4 aliphatic rings. The van der Waals surface area contributed by atoms with Gasteiger partial charge in [0, 0.05) is 18.4 Å². The van der Waals surface area contributed by atoms with Crippen molar-refractivity contribution in [3.8, 4) is 0 Å². The molecule has 15 atom stereocenters. The molecule has 3 unspecified atom stereocenters. The van der Waals surface area contributed by atoms with E-state index in [0.717, 1.165) is 19.3 Å². The fraction of sp³-hybridized carbons (Fsp3) is 1.00. The monoisotopic (exact) mass is 500 g/mol. The van der Waals surface area contributed by atoms with Gasteiger partial charge in [0.1, 0.15) is 11.7 Å². The first-order valence-electron chi connectivity index (χ1n) is 13.7. The Morgan fingerprint density at radius 1 is 0.800 bits per heavy atom. The summed E-state index contributed by atoms with van der Waals surface area (Å²) in [4.78, 5) is 0. The van der Waals surface area contributed by atoms with Crippen LogP contribution in [0.4, 0.5) is 0 Å². The predicted octanol–water partition coefficient (Wildman–Crippen LogP) is 0.410. The van der Waals surface area contributed by atoms with Gasteiger partial charge in [-0.15, -0.1) is 0 Å². The highest BCUT2D eigenvalue weighted by Gasteiger charge is 2.76. The van der Waals surface area contributed by atoms with Crippen molar-refractivity contribution >= 4 is 0 Å². The molecule has 0 spiro atoms. The molecule has 0 aromatic rings. The van der Waals surface area contributed by atoms with Gasteiger partial charge < -0.3 is 40.9 Å². The van der Waals surface area contributed by atoms with Crippen molar-refractivity contribution < 1.29 is 40.9 Å². The van der Waals surface area contributed by atoms with Crippen LogP contribution in [0.2, 0.25) is 0 Å². The summed E-state index contributed by atoms with van der Waals surface area (Å²) in [7, 11) is 0. The summed E-state index contributed by atoms with van der Waals surface area (Å²) in [5.41, 5.74) is -3.22. The Bertz CT molecular complexity index is 765. The largest absolute Gasteiger partial charge is 0.396 e. The maximum atomic E-state index is 12.3. The molecule has 0 aromatic carbocycles. The molecule has 35 heavy (non-hydrogen) atoms. The first kappa shape index (κ1) is 27.7. The highest BCUT2D eigenvalue weighted by Crippen LogP contribution is 2.69. The second-order valence-corrected chi connectivity index (χ2v) is 13.2. The first-order valence-corrected chi connectivity index (χ1v) is 13.7. The van der Waals surface area contributed by atoms with Gasteiger partial charge >= 0.3 is 0 Å². The van der Waals surface area contributed by atoms with Gasteiger partial charge in [-0.25, -0.2) is 0 Å². The second kappa shape index (κ2) is 9.45. The molecule has 4 fully saturated rings. The standard InChI is InChI=1S/C27H48O8/c1-13(12-28)6-5-7-14(2)17-20(31)22(33)23-26(17,4)11-9-16-25(3)10-8-15(29)19(30)18(25)21(32)24(34)27(16,23)35/h13-24,28-35H,5-12H2,1-4H3/t13-,14+,15-,16?,17-,18?,19-,20+,21-,22-,23?,24+,25+,26+,27-/m0/s1. The Balaban J connectivity index is 1.67. The lowest BCUT2D eigenvalue weighted by molar-refractivity contribution is -0.322. The van der Waals surface area contributed by atoms with Crippen molar-refractivity contribution in [2.75, 3.05) is 6.61 Å². The lowest BCUT2D eigenvalue weighted by Crippen LogP contribution is -2.76. The lowest BCUT2D eigenvalue weighted by Gasteiger charge is -2.67. The van der Waals surface area contributed by atoms with E-state index < -0.39 is 70.8 Å². The Kier molecular flexibility index (Phi) is 7.48. The quantitative estimate of drug-likeness (QED) is 0.260. The van der Waals surface area contributed by atoms with Gasteiger partial charge in [0.05, 0.1) is 30.5 Å². The Hall–Kier alpha value is -0.320. The molecule has 0 saturated heterocycles. The molecule has 204 valence electrons. The average molecular weight is 501 g/mol. The number of hydrogen-bond donors (Lipinski definition) is 8. The Labute approximate surface area is 209 Å². The highest BCUT2D eigenvalue weighted by atomic mass is 16.4. The molecule has 0 heterocycles. The van der Waals surface area contributed by atoms with Crippen LogP contribution in [0, 0.1) is 46.3 Å². The van der Waals surface area contributed by atoms with Crippen LogP contribution in [0.5, 0.6) is 0 Å². The summed E-state index contributed by atoms with van der Waals surface area (Å²) in [6.45, 7) is 8.11. The van der Waals surface area contributed by atoms with Gasteiger partial charge in [0.15, 0.2) is 0 Å². The minimum atomic E-state index is -1.83. The van der Waals surface area contributed by atoms with Crippen molar-refractivity contribution in [1.82, 2.24) is 0 Å². The number of rotatable bonds is 6. The smallest absolute Gasteiger partial charge is 0.110 e. The molecule has 0 radical (unpaired) electrons. The van der Waals surface area contributed by atoms with Crippen LogP contribution < -0.4 is 0 Å². The van der Waals surface area contributed by atoms with E-state index in [-0.39, 0.29) is 24.4 Å². The van der Waals surface area contributed by atoms with E-state index >= 15 is 0 Å². The van der Waals surface area contributed by atoms with Gasteiger partial charge in [-0.05, 0) is 66.6 Å². The van der Waals surface area contributed by atoms with Crippen LogP contribution in [-0.2, 0) is 0 Å². The zero-order chi connectivity index (χ0) is 26.1. The van der Waals surface area contributed by atoms with Crippen molar-refractivity contribution in [3.63, 3.8) is 0 Å². The maximum Gasteiger partial charge on any atom is 0.110 e. The van der Waals surface area contributed by atoms with Crippen molar-refractivity contribution in [2.24, 2.45) is 46.3 Å². The van der Waals surface area contributed by atoms with Gasteiger partial charge in [-0.1, -0.05) is 40.5 Å². The summed E-state index contributed by atoms with van der Waals surface area (Å²) >= 11 is 0. The van der Waals surface area contributed by atoms with Crippen LogP contribution in [0.25, 0.3) is 0 Å². The molecule has 0 amide bonds. The predicted molar refractivity (Wildman–Crippen MR) is 129 cm³/mol. The molecule has 8 heteroatoms. The van der Waals surface area contributed by atoms with Crippen LogP contribution in [0.1, 0.15) is 72.6 Å². The number of aliphatic hydroxyl groups is 8. The summed E-state index contributed by atoms with van der Waals surface area (Å²) in [5.74, 6) is -2.15. The molecular weight excluding hydrogens is 452 g/mol. The topological polar surface area (TPSA) is 162 Å². The van der Waals surface area contributed by atoms with Gasteiger partial charge in [0.2, 0.25) is 0 Å². The third kappa shape index (κ3) is 3.85. The number of fused-ring (bicyclic) bond motifs is 5. The van der Waals surface area contributed by atoms with E-state index in [4.69, 9.17) is 0 Å². The van der Waals surface area contributed by atoms with Crippen LogP contribution in [-0.4, -0.2) is 89.7 Å². The number of hydrogen-bond acceptors (Lipinski definition) is 8. The highest BCUT2D eigenvalue weighted by molar-refractivity contribution is 5.25. The third-order valence-corrected chi connectivity index (χ3v) is 11.3. The van der Waals surface area contributed by atoms with E-state index in [9.17, 15) is 40.9 Å². The Morgan fingerprint density at radius 2 is 1.43 bits per heavy atom. The summed E-state index contributed by atoms with van der Waals surface area (Å²) < 4.78 is 0. The van der Waals surface area contributed by atoms with E-state index in [1.54, 1.807) is 0 Å². The van der Waals surface area contributed by atoms with Crippen LogP contribution >= 0.6 is 0 Å². The maximum absolute atomic E-state index is 12.3. The van der Waals surface area contributed by atoms with E-state index in [0.29, 0.717) is 25.7 Å². The second-order valence-electron chi connectivity index (χ2n) is 13.2. The van der Waals surface area contributed by atoms with Crippen molar-refractivity contribution in [2.45, 2.75) is 115 Å². The summed E-state index contributed by atoms with van der Waals surface area (Å²) in [6.07, 6.45) is -3.02. The molecule has 0 bridgehead atoms. The molecule has 8 nitrogen and oxygen atoms in total. The lowest BCUT2D eigenvalue weighted by atomic mass is 9.40. The van der Waals surface area contributed by atoms with Gasteiger partial charge in [0.25, 0.3) is 0 Å². The van der Waals surface area contributed by atoms with Gasteiger partial charge in [-0.3, -0.25) is 0 Å². The molecule has 4 aliphatic carbocycles. The molecular formula is C27H48O8. The van der Waals surface area contributed by atoms with Crippen molar-refractivity contribution in [3.05, 3.63) is 0 Å². The average Bonchev–Trinajstić information content (AvgIpc) is 3.00. The fourth-order valence-electron chi connectivity index (χ4n) is 9.61. The fourth-order valence-corrected chi connectivity index (χ4v) is 9.61. The van der Waals surface area contributed by atoms with Gasteiger partial charge in [-0.2, -0.15) is 0 Å². The first-order chi connectivity index (χ1) is 16.3. The SMILES string of the molecule is C[C@H](CO)CCC[C@@H](C)[C@H]1[C@@H](O)[C@H](O)C2[C@@]3(O)C(CC[C@@]21C)[C@@]1(C)CC[C@H](O)[C@H](O)C1[C@H](O)[C@H]3O. The minimum Gasteiger partial charge on any atom is -0.396 e. The minimum absolute atomic E-state index is 0.0568. The molecule has 0 aromatic heterocycles. The molecule has 4 saturated carbocycles. The zero-order valence-corrected chi connectivity index (χ0v) is 21.7. The molecule has 4 rings (SSSR count). The normalized spacial score (nSPS) is 55.5. The van der Waals surface area contributed by atoms with Crippen molar-refractivity contribution in [1.29, 1.82) is 0 Å². The van der Waals surface area contributed by atoms with Crippen LogP contribution in [0.15, 0.2) is 0 Å². The zero-order valence-electron chi connectivity index (χ0n) is 21.7. The molecule has 0 aliphatic heterocycles. The third-order valence-electron chi connectivity index (χ3n) is 11.3. The Morgan fingerprint density at radius 3 is 2.06 bits per heavy atom.